The molecule has 0 saturated carbocycles. The van der Waals surface area contributed by atoms with Crippen LogP contribution >= 0.6 is 11.8 Å². The fourth-order valence-electron chi connectivity index (χ4n) is 3.02. The summed E-state index contributed by atoms with van der Waals surface area (Å²) in [4.78, 5) is 37.3. The predicted octanol–water partition coefficient (Wildman–Crippen LogP) is -0.211. The molecule has 0 spiro atoms. The summed E-state index contributed by atoms with van der Waals surface area (Å²) in [5.41, 5.74) is 5.82. The highest BCUT2D eigenvalue weighted by Gasteiger charge is 2.55. The molecule has 2 aliphatic heterocycles. The number of methoxy groups -OCH3 is 1. The summed E-state index contributed by atoms with van der Waals surface area (Å²) in [7, 11) is 1.37. The van der Waals surface area contributed by atoms with Gasteiger partial charge in [-0.1, -0.05) is 24.3 Å². The fraction of sp³-hybridized carbons (Fsp3) is 0.438. The molecule has 2 amide bonds. The molecule has 0 aromatic rings. The molecule has 3 aliphatic rings. The lowest BCUT2D eigenvalue weighted by molar-refractivity contribution is -0.151. The number of carbonyl (C=O) groups excluding carboxylic acids is 2. The standard InChI is InChI=1S/C16H19N3O5S/c1-24-9-7-25-15-11(14(21)19(15)12(9)16(22)23)18-13(20)10(17)8-5-3-2-4-6-8/h3-6,8,10-11,15H,2,7,17H2,1H3,(H,18,20)(H,22,23). The van der Waals surface area contributed by atoms with Crippen LogP contribution in [0.2, 0.25) is 0 Å². The molecule has 3 atom stereocenters. The fourth-order valence-corrected chi connectivity index (χ4v) is 4.34. The molecule has 134 valence electrons. The van der Waals surface area contributed by atoms with Crippen molar-refractivity contribution in [3.05, 3.63) is 35.8 Å². The smallest absolute Gasteiger partial charge is 0.356 e. The molecule has 1 aliphatic carbocycles. The Morgan fingerprint density at radius 3 is 2.72 bits per heavy atom. The van der Waals surface area contributed by atoms with Crippen LogP contribution in [-0.2, 0) is 19.1 Å². The molecular formula is C16H19N3O5S. The number of nitrogens with zero attached hydrogens (tertiary/aromatic N) is 1. The SMILES string of the molecule is COC1=C(C(=O)O)N2C(=O)C(NC(=O)C(N)C3C=CCC=C3)C2SC1. The Morgan fingerprint density at radius 2 is 2.12 bits per heavy atom. The van der Waals surface area contributed by atoms with Crippen molar-refractivity contribution < 1.29 is 24.2 Å². The Bertz CT molecular complexity index is 690. The van der Waals surface area contributed by atoms with Crippen LogP contribution in [-0.4, -0.2) is 58.1 Å². The van der Waals surface area contributed by atoms with Crippen molar-refractivity contribution >= 4 is 29.5 Å². The number of carbonyl (C=O) groups is 3. The first-order valence-corrected chi connectivity index (χ1v) is 8.85. The second-order valence-electron chi connectivity index (χ2n) is 5.87. The van der Waals surface area contributed by atoms with E-state index in [1.54, 1.807) is 0 Å². The second kappa shape index (κ2) is 6.93. The van der Waals surface area contributed by atoms with Gasteiger partial charge in [-0.15, -0.1) is 11.8 Å². The Kier molecular flexibility index (Phi) is 4.87. The van der Waals surface area contributed by atoms with Crippen molar-refractivity contribution in [2.24, 2.45) is 11.7 Å². The number of amides is 2. The Morgan fingerprint density at radius 1 is 1.44 bits per heavy atom. The van der Waals surface area contributed by atoms with Gasteiger partial charge < -0.3 is 20.9 Å². The number of fused-ring (bicyclic) bond motifs is 1. The van der Waals surface area contributed by atoms with Gasteiger partial charge in [-0.2, -0.15) is 0 Å². The van der Waals surface area contributed by atoms with E-state index in [1.165, 1.54) is 18.9 Å². The summed E-state index contributed by atoms with van der Waals surface area (Å²) in [6, 6.07) is -1.58. The molecule has 1 saturated heterocycles. The largest absolute Gasteiger partial charge is 0.498 e. The van der Waals surface area contributed by atoms with Gasteiger partial charge in [-0.3, -0.25) is 14.5 Å². The highest BCUT2D eigenvalue weighted by atomic mass is 32.2. The maximum absolute atomic E-state index is 12.4. The van der Waals surface area contributed by atoms with Crippen molar-refractivity contribution in [1.82, 2.24) is 10.2 Å². The van der Waals surface area contributed by atoms with E-state index in [2.05, 4.69) is 5.32 Å². The van der Waals surface area contributed by atoms with Crippen LogP contribution in [0.15, 0.2) is 35.8 Å². The summed E-state index contributed by atoms with van der Waals surface area (Å²) in [5.74, 6) is -1.79. The summed E-state index contributed by atoms with van der Waals surface area (Å²) >= 11 is 1.34. The number of thioether (sulfide) groups is 1. The molecule has 3 unspecified atom stereocenters. The average molecular weight is 365 g/mol. The maximum atomic E-state index is 12.4. The van der Waals surface area contributed by atoms with E-state index < -0.39 is 35.2 Å². The van der Waals surface area contributed by atoms with Gasteiger partial charge in [0, 0.05) is 5.92 Å². The van der Waals surface area contributed by atoms with Crippen LogP contribution in [0, 0.1) is 5.92 Å². The number of hydrogen-bond donors (Lipinski definition) is 3. The van der Waals surface area contributed by atoms with E-state index in [1.807, 2.05) is 24.3 Å². The number of β-lactam (4-membered cyclic amide) rings is 1. The van der Waals surface area contributed by atoms with Gasteiger partial charge in [0.1, 0.15) is 17.2 Å². The summed E-state index contributed by atoms with van der Waals surface area (Å²) < 4.78 is 5.06. The van der Waals surface area contributed by atoms with Gasteiger partial charge in [-0.05, 0) is 6.42 Å². The van der Waals surface area contributed by atoms with Gasteiger partial charge in [-0.25, -0.2) is 4.79 Å². The number of hydrogen-bond acceptors (Lipinski definition) is 6. The Hall–Kier alpha value is -2.26. The first-order valence-electron chi connectivity index (χ1n) is 7.80. The number of nitrogens with one attached hydrogen (secondary N) is 1. The molecule has 0 aromatic heterocycles. The van der Waals surface area contributed by atoms with Crippen LogP contribution < -0.4 is 11.1 Å². The molecule has 8 nitrogen and oxygen atoms in total. The zero-order chi connectivity index (χ0) is 18.1. The molecule has 0 bridgehead atoms. The number of allylic oxidation sites excluding steroid dienone is 2. The van der Waals surface area contributed by atoms with Gasteiger partial charge >= 0.3 is 5.97 Å². The minimum absolute atomic E-state index is 0.163. The van der Waals surface area contributed by atoms with Gasteiger partial charge in [0.05, 0.1) is 18.9 Å². The molecule has 1 fully saturated rings. The number of carboxylic acids is 1. The lowest BCUT2D eigenvalue weighted by Crippen LogP contribution is -2.71. The van der Waals surface area contributed by atoms with E-state index in [0.29, 0.717) is 5.75 Å². The Balaban J connectivity index is 1.69. The number of rotatable bonds is 5. The summed E-state index contributed by atoms with van der Waals surface area (Å²) in [6.45, 7) is 0. The highest BCUT2D eigenvalue weighted by molar-refractivity contribution is 8.00. The molecule has 0 radical (unpaired) electrons. The maximum Gasteiger partial charge on any atom is 0.356 e. The molecule has 0 aromatic carbocycles. The molecule has 2 heterocycles. The van der Waals surface area contributed by atoms with Crippen molar-refractivity contribution in [2.75, 3.05) is 12.9 Å². The molecule has 9 heteroatoms. The Labute approximate surface area is 148 Å². The number of nitrogens with two attached hydrogens (primary N) is 1. The van der Waals surface area contributed by atoms with Crippen molar-refractivity contribution in [2.45, 2.75) is 23.9 Å². The third-order valence-electron chi connectivity index (χ3n) is 4.39. The number of carboxylic acid groups (broad SMARTS) is 1. The molecule has 3 rings (SSSR count). The molecule has 4 N–H and O–H groups in total. The molecular weight excluding hydrogens is 346 g/mol. The quantitative estimate of drug-likeness (QED) is 0.455. The van der Waals surface area contributed by atoms with E-state index in [-0.39, 0.29) is 17.4 Å². The van der Waals surface area contributed by atoms with Crippen LogP contribution in [0.25, 0.3) is 0 Å². The van der Waals surface area contributed by atoms with Crippen molar-refractivity contribution in [3.8, 4) is 0 Å². The van der Waals surface area contributed by atoms with E-state index in [0.717, 1.165) is 11.3 Å². The first kappa shape index (κ1) is 17.6. The lowest BCUT2D eigenvalue weighted by Gasteiger charge is -2.49. The highest BCUT2D eigenvalue weighted by Crippen LogP contribution is 2.40. The topological polar surface area (TPSA) is 122 Å². The monoisotopic (exact) mass is 365 g/mol. The molecule has 25 heavy (non-hydrogen) atoms. The van der Waals surface area contributed by atoms with Gasteiger partial charge in [0.15, 0.2) is 5.70 Å². The zero-order valence-corrected chi connectivity index (χ0v) is 14.4. The van der Waals surface area contributed by atoms with Crippen LogP contribution in [0.5, 0.6) is 0 Å². The first-order chi connectivity index (χ1) is 12.0. The van der Waals surface area contributed by atoms with Gasteiger partial charge in [0.2, 0.25) is 5.91 Å². The summed E-state index contributed by atoms with van der Waals surface area (Å²) in [5, 5.41) is 11.5. The third-order valence-corrected chi connectivity index (χ3v) is 5.64. The van der Waals surface area contributed by atoms with E-state index in [4.69, 9.17) is 10.5 Å². The predicted molar refractivity (Wildman–Crippen MR) is 91.1 cm³/mol. The second-order valence-corrected chi connectivity index (χ2v) is 6.98. The minimum Gasteiger partial charge on any atom is -0.498 e. The minimum atomic E-state index is -1.23. The van der Waals surface area contributed by atoms with E-state index in [9.17, 15) is 19.5 Å². The average Bonchev–Trinajstić information content (AvgIpc) is 2.64. The van der Waals surface area contributed by atoms with E-state index >= 15 is 0 Å². The van der Waals surface area contributed by atoms with Crippen molar-refractivity contribution in [3.63, 3.8) is 0 Å². The normalized spacial score (nSPS) is 26.8. The third kappa shape index (κ3) is 3.05. The number of aliphatic carboxylic acids is 1. The zero-order valence-electron chi connectivity index (χ0n) is 13.5. The van der Waals surface area contributed by atoms with Crippen LogP contribution in [0.4, 0.5) is 0 Å². The van der Waals surface area contributed by atoms with Crippen LogP contribution in [0.1, 0.15) is 6.42 Å². The lowest BCUT2D eigenvalue weighted by atomic mass is 9.94. The number of ether oxygens (including phenoxy) is 1. The van der Waals surface area contributed by atoms with Gasteiger partial charge in [0.25, 0.3) is 5.91 Å². The summed E-state index contributed by atoms with van der Waals surface area (Å²) in [6.07, 6.45) is 8.41. The van der Waals surface area contributed by atoms with Crippen LogP contribution in [0.3, 0.4) is 0 Å². The van der Waals surface area contributed by atoms with Crippen molar-refractivity contribution in [1.29, 1.82) is 0 Å².